The van der Waals surface area contributed by atoms with Crippen molar-refractivity contribution in [2.45, 2.75) is 28.4 Å². The van der Waals surface area contributed by atoms with Gasteiger partial charge >= 0.3 is 0 Å². The van der Waals surface area contributed by atoms with Crippen molar-refractivity contribution in [2.24, 2.45) is 0 Å². The minimum atomic E-state index is -3.70. The fourth-order valence-electron chi connectivity index (χ4n) is 3.11. The van der Waals surface area contributed by atoms with E-state index in [2.05, 4.69) is 4.72 Å². The lowest BCUT2D eigenvalue weighted by Crippen LogP contribution is -2.57. The number of carbonyl (C=O) groups excluding carboxylic acids is 1. The number of sulfonamides is 1. The van der Waals surface area contributed by atoms with Crippen molar-refractivity contribution in [2.75, 3.05) is 26.7 Å². The molecule has 0 saturated carbocycles. The smallest absolute Gasteiger partial charge is 0.240 e. The lowest BCUT2D eigenvalue weighted by atomic mass is 10.2. The second kappa shape index (κ2) is 8.75. The fourth-order valence-corrected chi connectivity index (χ4v) is 5.90. The van der Waals surface area contributed by atoms with Crippen LogP contribution in [0.1, 0.15) is 12.0 Å². The van der Waals surface area contributed by atoms with Crippen molar-refractivity contribution in [3.05, 3.63) is 54.1 Å². The summed E-state index contributed by atoms with van der Waals surface area (Å²) < 4.78 is 57.3. The average Bonchev–Trinajstić information content (AvgIpc) is 2.66. The maximum absolute atomic E-state index is 12.6. The highest BCUT2D eigenvalue weighted by atomic mass is 32.2. The van der Waals surface area contributed by atoms with E-state index in [9.17, 15) is 21.6 Å². The molecule has 3 rings (SSSR count). The summed E-state index contributed by atoms with van der Waals surface area (Å²) in [6, 6.07) is 12.6. The molecular formula is C20H24N2O6S2. The van der Waals surface area contributed by atoms with Crippen LogP contribution >= 0.6 is 0 Å². The summed E-state index contributed by atoms with van der Waals surface area (Å²) in [5, 5.41) is -0.668. The van der Waals surface area contributed by atoms with Crippen LogP contribution in [-0.2, 0) is 24.7 Å². The monoisotopic (exact) mass is 452 g/mol. The van der Waals surface area contributed by atoms with Gasteiger partial charge in [0.25, 0.3) is 0 Å². The first-order valence-electron chi connectivity index (χ1n) is 9.35. The maximum atomic E-state index is 12.6. The van der Waals surface area contributed by atoms with Gasteiger partial charge < -0.3 is 9.64 Å². The Morgan fingerprint density at radius 2 is 1.73 bits per heavy atom. The molecule has 1 aliphatic rings. The number of hydrogen-bond acceptors (Lipinski definition) is 6. The molecule has 162 valence electrons. The van der Waals surface area contributed by atoms with E-state index in [0.29, 0.717) is 5.75 Å². The van der Waals surface area contributed by atoms with Gasteiger partial charge in [-0.3, -0.25) is 4.79 Å². The van der Waals surface area contributed by atoms with Crippen molar-refractivity contribution >= 4 is 25.8 Å². The second-order valence-electron chi connectivity index (χ2n) is 7.11. The molecule has 1 amide bonds. The van der Waals surface area contributed by atoms with Crippen LogP contribution in [0.25, 0.3) is 0 Å². The summed E-state index contributed by atoms with van der Waals surface area (Å²) in [5.74, 6) is 0.274. The van der Waals surface area contributed by atoms with E-state index in [4.69, 9.17) is 4.74 Å². The van der Waals surface area contributed by atoms with Gasteiger partial charge in [0.2, 0.25) is 15.9 Å². The maximum Gasteiger partial charge on any atom is 0.240 e. The SMILES string of the molecule is COc1ccc(S(=O)(=O)C2CN(C(=O)CCNS(=O)(=O)c3cccc(C)c3)C2)cc1. The van der Waals surface area contributed by atoms with Crippen LogP contribution in [-0.4, -0.2) is 59.6 Å². The van der Waals surface area contributed by atoms with Crippen LogP contribution in [0.5, 0.6) is 5.75 Å². The zero-order valence-corrected chi connectivity index (χ0v) is 18.4. The minimum Gasteiger partial charge on any atom is -0.497 e. The number of nitrogens with zero attached hydrogens (tertiary/aromatic N) is 1. The Bertz CT molecular complexity index is 1120. The first-order chi connectivity index (χ1) is 14.1. The van der Waals surface area contributed by atoms with Gasteiger partial charge in [0.1, 0.15) is 11.0 Å². The van der Waals surface area contributed by atoms with Gasteiger partial charge in [-0.25, -0.2) is 21.6 Å². The Morgan fingerprint density at radius 3 is 2.33 bits per heavy atom. The molecule has 30 heavy (non-hydrogen) atoms. The molecule has 0 aromatic heterocycles. The minimum absolute atomic E-state index is 0.0413. The van der Waals surface area contributed by atoms with Gasteiger partial charge in [-0.2, -0.15) is 0 Å². The molecule has 0 spiro atoms. The van der Waals surface area contributed by atoms with Gasteiger partial charge in [-0.1, -0.05) is 12.1 Å². The summed E-state index contributed by atoms with van der Waals surface area (Å²) in [6.07, 6.45) is -0.0413. The Labute approximate surface area is 176 Å². The molecule has 0 unspecified atom stereocenters. The summed E-state index contributed by atoms with van der Waals surface area (Å²) in [5.41, 5.74) is 0.818. The van der Waals surface area contributed by atoms with E-state index in [1.54, 1.807) is 37.3 Å². The van der Waals surface area contributed by atoms with E-state index in [1.807, 2.05) is 0 Å². The number of aryl methyl sites for hydroxylation is 1. The van der Waals surface area contributed by atoms with Crippen LogP contribution in [0, 0.1) is 6.92 Å². The highest BCUT2D eigenvalue weighted by molar-refractivity contribution is 7.92. The molecular weight excluding hydrogens is 428 g/mol. The highest BCUT2D eigenvalue weighted by Crippen LogP contribution is 2.25. The number of nitrogens with one attached hydrogen (secondary N) is 1. The number of amides is 1. The molecule has 1 heterocycles. The Morgan fingerprint density at radius 1 is 1.07 bits per heavy atom. The lowest BCUT2D eigenvalue weighted by Gasteiger charge is -2.38. The van der Waals surface area contributed by atoms with Crippen LogP contribution in [0.3, 0.4) is 0 Å². The summed E-state index contributed by atoms with van der Waals surface area (Å²) in [6.45, 7) is 1.93. The number of carbonyl (C=O) groups is 1. The van der Waals surface area contributed by atoms with Crippen LogP contribution in [0.2, 0.25) is 0 Å². The van der Waals surface area contributed by atoms with Crippen molar-refractivity contribution in [3.63, 3.8) is 0 Å². The zero-order chi connectivity index (χ0) is 21.9. The van der Waals surface area contributed by atoms with Crippen molar-refractivity contribution in [3.8, 4) is 5.75 Å². The number of sulfone groups is 1. The number of ether oxygens (including phenoxy) is 1. The summed E-state index contributed by atoms with van der Waals surface area (Å²) >= 11 is 0. The molecule has 1 aliphatic heterocycles. The molecule has 2 aromatic rings. The van der Waals surface area contributed by atoms with Gasteiger partial charge in [0.05, 0.1) is 16.9 Å². The molecule has 8 nitrogen and oxygen atoms in total. The fraction of sp³-hybridized carbons (Fsp3) is 0.350. The van der Waals surface area contributed by atoms with Crippen molar-refractivity contribution in [1.82, 2.24) is 9.62 Å². The van der Waals surface area contributed by atoms with E-state index < -0.39 is 25.1 Å². The largest absolute Gasteiger partial charge is 0.497 e. The third kappa shape index (κ3) is 4.82. The predicted molar refractivity (Wildman–Crippen MR) is 112 cm³/mol. The van der Waals surface area contributed by atoms with E-state index in [0.717, 1.165) is 5.56 Å². The molecule has 0 bridgehead atoms. The van der Waals surface area contributed by atoms with Gasteiger partial charge in [0.15, 0.2) is 9.84 Å². The van der Waals surface area contributed by atoms with Gasteiger partial charge in [0, 0.05) is 26.1 Å². The quantitative estimate of drug-likeness (QED) is 0.648. The number of likely N-dealkylation sites (tertiary alicyclic amines) is 1. The molecule has 10 heteroatoms. The Kier molecular flexibility index (Phi) is 6.49. The van der Waals surface area contributed by atoms with Crippen LogP contribution in [0.4, 0.5) is 0 Å². The van der Waals surface area contributed by atoms with E-state index in [1.165, 1.54) is 30.2 Å². The molecule has 2 aromatic carbocycles. The molecule has 0 atom stereocenters. The topological polar surface area (TPSA) is 110 Å². The first-order valence-corrected chi connectivity index (χ1v) is 12.4. The average molecular weight is 453 g/mol. The van der Waals surface area contributed by atoms with Crippen molar-refractivity contribution in [1.29, 1.82) is 0 Å². The van der Waals surface area contributed by atoms with E-state index >= 15 is 0 Å². The first kappa shape index (κ1) is 22.3. The normalized spacial score (nSPS) is 14.9. The third-order valence-electron chi connectivity index (χ3n) is 4.96. The number of rotatable bonds is 8. The molecule has 1 fully saturated rings. The predicted octanol–water partition coefficient (Wildman–Crippen LogP) is 1.36. The van der Waals surface area contributed by atoms with E-state index in [-0.39, 0.29) is 41.8 Å². The number of methoxy groups -OCH3 is 1. The standard InChI is InChI=1S/C20H24N2O6S2/c1-15-4-3-5-18(12-15)30(26,27)21-11-10-20(23)22-13-19(14-22)29(24,25)17-8-6-16(28-2)7-9-17/h3-9,12,19,21H,10-11,13-14H2,1-2H3. The third-order valence-corrected chi connectivity index (χ3v) is 8.52. The molecule has 0 aliphatic carbocycles. The van der Waals surface area contributed by atoms with Crippen LogP contribution in [0.15, 0.2) is 58.3 Å². The van der Waals surface area contributed by atoms with Gasteiger partial charge in [-0.05, 0) is 48.9 Å². The van der Waals surface area contributed by atoms with Crippen molar-refractivity contribution < 1.29 is 26.4 Å². The summed E-state index contributed by atoms with van der Waals surface area (Å²) in [7, 11) is -5.73. The molecule has 0 radical (unpaired) electrons. The number of benzene rings is 2. The molecule has 1 saturated heterocycles. The van der Waals surface area contributed by atoms with Crippen LogP contribution < -0.4 is 9.46 Å². The highest BCUT2D eigenvalue weighted by Gasteiger charge is 2.40. The number of hydrogen-bond donors (Lipinski definition) is 1. The lowest BCUT2D eigenvalue weighted by molar-refractivity contribution is -0.134. The Balaban J connectivity index is 1.50. The van der Waals surface area contributed by atoms with Gasteiger partial charge in [-0.15, -0.1) is 0 Å². The summed E-state index contributed by atoms with van der Waals surface area (Å²) in [4.78, 5) is 14.0. The second-order valence-corrected chi connectivity index (χ2v) is 11.1. The molecule has 1 N–H and O–H groups in total. The Hall–Kier alpha value is -2.43. The zero-order valence-electron chi connectivity index (χ0n) is 16.7.